The maximum Gasteiger partial charge on any atom is 0.344 e. The summed E-state index contributed by atoms with van der Waals surface area (Å²) >= 11 is 6.31. The lowest BCUT2D eigenvalue weighted by atomic mass is 10.2. The van der Waals surface area contributed by atoms with Gasteiger partial charge < -0.3 is 19.3 Å². The molecule has 0 spiro atoms. The van der Waals surface area contributed by atoms with Crippen LogP contribution in [-0.4, -0.2) is 52.0 Å². The van der Waals surface area contributed by atoms with E-state index in [0.29, 0.717) is 34.1 Å². The van der Waals surface area contributed by atoms with Gasteiger partial charge in [0.15, 0.2) is 21.9 Å². The number of carboxylic acids is 1. The zero-order valence-electron chi connectivity index (χ0n) is 18.6. The second-order valence-corrected chi connectivity index (χ2v) is 8.60. The van der Waals surface area contributed by atoms with Crippen molar-refractivity contribution < 1.29 is 33.7 Å². The van der Waals surface area contributed by atoms with Crippen LogP contribution in [0.4, 0.5) is 0 Å². The molecule has 3 rings (SSSR count). The number of aliphatic carboxylic acids is 1. The highest BCUT2D eigenvalue weighted by Crippen LogP contribution is 2.34. The molecule has 1 heterocycles. The fourth-order valence-corrected chi connectivity index (χ4v) is 4.02. The van der Waals surface area contributed by atoms with Crippen molar-refractivity contribution >= 4 is 52.2 Å². The lowest BCUT2D eigenvalue weighted by molar-refractivity contribution is -0.144. The number of benzene rings is 2. The van der Waals surface area contributed by atoms with Crippen molar-refractivity contribution in [1.29, 1.82) is 0 Å². The molecule has 1 saturated heterocycles. The summed E-state index contributed by atoms with van der Waals surface area (Å²) in [4.78, 5) is 36.8. The number of nitrogens with zero attached hydrogens (tertiary/aromatic N) is 1. The van der Waals surface area contributed by atoms with Gasteiger partial charge in [0.2, 0.25) is 0 Å². The SMILES string of the molecule is CCOc1cc(/C=C2/SC(=S)N(NC(=O)c3ccc(OC)cc3)C2=O)ccc1OC(C)C(=O)O. The number of hydrogen-bond acceptors (Lipinski definition) is 8. The highest BCUT2D eigenvalue weighted by atomic mass is 32.2. The van der Waals surface area contributed by atoms with Crippen molar-refractivity contribution in [3.05, 3.63) is 58.5 Å². The van der Waals surface area contributed by atoms with Gasteiger partial charge in [-0.25, -0.2) is 4.79 Å². The van der Waals surface area contributed by atoms with Gasteiger partial charge in [-0.3, -0.25) is 15.0 Å². The summed E-state index contributed by atoms with van der Waals surface area (Å²) in [6.45, 7) is 3.53. The normalized spacial score (nSPS) is 15.3. The summed E-state index contributed by atoms with van der Waals surface area (Å²) < 4.78 is 16.3. The van der Waals surface area contributed by atoms with Crippen molar-refractivity contribution in [2.24, 2.45) is 0 Å². The minimum atomic E-state index is -1.10. The first-order valence-electron chi connectivity index (χ1n) is 10.1. The van der Waals surface area contributed by atoms with Gasteiger partial charge in [0.05, 0.1) is 18.6 Å². The molecule has 0 radical (unpaired) electrons. The van der Waals surface area contributed by atoms with E-state index < -0.39 is 23.9 Å². The maximum absolute atomic E-state index is 12.9. The Morgan fingerprint density at radius 1 is 1.21 bits per heavy atom. The zero-order chi connectivity index (χ0) is 24.8. The number of methoxy groups -OCH3 is 1. The summed E-state index contributed by atoms with van der Waals surface area (Å²) in [6.07, 6.45) is 0.543. The molecule has 0 aliphatic carbocycles. The monoisotopic (exact) mass is 502 g/mol. The number of thioether (sulfide) groups is 1. The second-order valence-electron chi connectivity index (χ2n) is 6.92. The third-order valence-electron chi connectivity index (χ3n) is 4.58. The van der Waals surface area contributed by atoms with Crippen LogP contribution >= 0.6 is 24.0 Å². The highest BCUT2D eigenvalue weighted by Gasteiger charge is 2.34. The molecule has 2 aromatic carbocycles. The van der Waals surface area contributed by atoms with Gasteiger partial charge in [0.1, 0.15) is 5.75 Å². The number of thiocarbonyl (C=S) groups is 1. The van der Waals surface area contributed by atoms with Gasteiger partial charge in [-0.1, -0.05) is 17.8 Å². The Bertz CT molecular complexity index is 1150. The standard InChI is InChI=1S/C23H22N2O7S2/c1-4-31-18-11-14(5-10-17(18)32-13(2)22(28)29)12-19-21(27)25(23(33)34-19)24-20(26)15-6-8-16(30-3)9-7-15/h5-13H,4H2,1-3H3,(H,24,26)(H,28,29)/b19-12+. The van der Waals surface area contributed by atoms with Crippen LogP contribution in [0.15, 0.2) is 47.4 Å². The molecule has 11 heteroatoms. The lowest BCUT2D eigenvalue weighted by Gasteiger charge is -2.16. The minimum absolute atomic E-state index is 0.179. The molecule has 0 aromatic heterocycles. The van der Waals surface area contributed by atoms with Crippen LogP contribution in [-0.2, 0) is 9.59 Å². The van der Waals surface area contributed by atoms with E-state index in [-0.39, 0.29) is 10.1 Å². The van der Waals surface area contributed by atoms with Crippen molar-refractivity contribution in [1.82, 2.24) is 10.4 Å². The minimum Gasteiger partial charge on any atom is -0.497 e. The highest BCUT2D eigenvalue weighted by molar-refractivity contribution is 8.26. The molecular weight excluding hydrogens is 480 g/mol. The fourth-order valence-electron chi connectivity index (χ4n) is 2.84. The number of carbonyl (C=O) groups is 3. The van der Waals surface area contributed by atoms with Gasteiger partial charge in [0.25, 0.3) is 11.8 Å². The molecule has 1 aliphatic heterocycles. The number of ether oxygens (including phenoxy) is 3. The molecule has 34 heavy (non-hydrogen) atoms. The van der Waals surface area contributed by atoms with Crippen molar-refractivity contribution in [3.8, 4) is 17.2 Å². The summed E-state index contributed by atoms with van der Waals surface area (Å²) in [5.74, 6) is -0.861. The van der Waals surface area contributed by atoms with Gasteiger partial charge in [-0.15, -0.1) is 0 Å². The molecular formula is C23H22N2O7S2. The smallest absolute Gasteiger partial charge is 0.344 e. The van der Waals surface area contributed by atoms with Crippen LogP contribution in [0, 0.1) is 0 Å². The molecule has 1 aliphatic rings. The molecule has 2 aromatic rings. The second kappa shape index (κ2) is 11.0. The third kappa shape index (κ3) is 5.86. The number of carboxylic acid groups (broad SMARTS) is 1. The molecule has 9 nitrogen and oxygen atoms in total. The Hall–Kier alpha value is -3.57. The molecule has 2 amide bonds. The average Bonchev–Trinajstić information content (AvgIpc) is 3.08. The Kier molecular flexibility index (Phi) is 8.13. The fraction of sp³-hybridized carbons (Fsp3) is 0.217. The number of carbonyl (C=O) groups excluding carboxylic acids is 2. The van der Waals surface area contributed by atoms with E-state index in [2.05, 4.69) is 5.43 Å². The van der Waals surface area contributed by atoms with E-state index in [1.807, 2.05) is 0 Å². The number of hydrogen-bond donors (Lipinski definition) is 2. The summed E-state index contributed by atoms with van der Waals surface area (Å²) in [6, 6.07) is 11.3. The predicted octanol–water partition coefficient (Wildman–Crippen LogP) is 3.49. The first kappa shape index (κ1) is 25.1. The number of rotatable bonds is 9. The average molecular weight is 503 g/mol. The molecule has 1 atom stereocenters. The lowest BCUT2D eigenvalue weighted by Crippen LogP contribution is -2.44. The van der Waals surface area contributed by atoms with Crippen LogP contribution in [0.1, 0.15) is 29.8 Å². The van der Waals surface area contributed by atoms with Crippen molar-refractivity contribution in [2.75, 3.05) is 13.7 Å². The van der Waals surface area contributed by atoms with E-state index in [9.17, 15) is 14.4 Å². The van der Waals surface area contributed by atoms with E-state index >= 15 is 0 Å². The molecule has 1 fully saturated rings. The topological polar surface area (TPSA) is 114 Å². The maximum atomic E-state index is 12.9. The zero-order valence-corrected chi connectivity index (χ0v) is 20.2. The Morgan fingerprint density at radius 2 is 1.91 bits per heavy atom. The Labute approximate surface area is 205 Å². The predicted molar refractivity (Wildman–Crippen MR) is 131 cm³/mol. The molecule has 2 N–H and O–H groups in total. The summed E-state index contributed by atoms with van der Waals surface area (Å²) in [5.41, 5.74) is 3.47. The van der Waals surface area contributed by atoms with E-state index in [1.165, 1.54) is 14.0 Å². The van der Waals surface area contributed by atoms with Crippen LogP contribution in [0.5, 0.6) is 17.2 Å². The first-order valence-corrected chi connectivity index (χ1v) is 11.3. The van der Waals surface area contributed by atoms with Crippen LogP contribution < -0.4 is 19.6 Å². The summed E-state index contributed by atoms with van der Waals surface area (Å²) in [7, 11) is 1.52. The Balaban J connectivity index is 1.77. The van der Waals surface area contributed by atoms with E-state index in [0.717, 1.165) is 16.8 Å². The van der Waals surface area contributed by atoms with Crippen LogP contribution in [0.2, 0.25) is 0 Å². The number of nitrogens with one attached hydrogen (secondary N) is 1. The van der Waals surface area contributed by atoms with Gasteiger partial charge in [0, 0.05) is 5.56 Å². The quantitative estimate of drug-likeness (QED) is 0.393. The third-order valence-corrected chi connectivity index (χ3v) is 5.88. The number of hydrazine groups is 1. The van der Waals surface area contributed by atoms with Crippen LogP contribution in [0.3, 0.4) is 0 Å². The van der Waals surface area contributed by atoms with Gasteiger partial charge >= 0.3 is 5.97 Å². The summed E-state index contributed by atoms with van der Waals surface area (Å²) in [5, 5.41) is 10.1. The molecule has 1 unspecified atom stereocenters. The van der Waals surface area contributed by atoms with E-state index in [1.54, 1.807) is 55.5 Å². The van der Waals surface area contributed by atoms with Crippen LogP contribution in [0.25, 0.3) is 6.08 Å². The Morgan fingerprint density at radius 3 is 2.53 bits per heavy atom. The van der Waals surface area contributed by atoms with E-state index in [4.69, 9.17) is 31.5 Å². The molecule has 178 valence electrons. The molecule has 0 saturated carbocycles. The largest absolute Gasteiger partial charge is 0.497 e. The number of amides is 2. The van der Waals surface area contributed by atoms with Gasteiger partial charge in [-0.2, -0.15) is 5.01 Å². The van der Waals surface area contributed by atoms with Gasteiger partial charge in [-0.05, 0) is 74.1 Å². The van der Waals surface area contributed by atoms with Crippen molar-refractivity contribution in [2.45, 2.75) is 20.0 Å². The van der Waals surface area contributed by atoms with Crippen molar-refractivity contribution in [3.63, 3.8) is 0 Å². The molecule has 0 bridgehead atoms. The first-order chi connectivity index (χ1) is 16.2.